The van der Waals surface area contributed by atoms with Crippen LogP contribution in [0.3, 0.4) is 0 Å². The molecule has 1 aliphatic heterocycles. The molecule has 0 radical (unpaired) electrons. The number of fused-ring (bicyclic) bond motifs is 1. The molecule has 124 valence electrons. The minimum absolute atomic E-state index is 0.0139. The number of carbonyl (C=O) groups excluding carboxylic acids is 3. The summed E-state index contributed by atoms with van der Waals surface area (Å²) in [5, 5.41) is 10.8. The number of rotatable bonds is 3. The summed E-state index contributed by atoms with van der Waals surface area (Å²) in [6.45, 7) is 0. The third-order valence-corrected chi connectivity index (χ3v) is 4.30. The van der Waals surface area contributed by atoms with Gasteiger partial charge in [0.25, 0.3) is 5.91 Å². The van der Waals surface area contributed by atoms with Gasteiger partial charge in [0, 0.05) is 0 Å². The zero-order valence-electron chi connectivity index (χ0n) is 13.0. The zero-order valence-corrected chi connectivity index (χ0v) is 13.0. The fourth-order valence-electron chi connectivity index (χ4n) is 3.08. The number of anilines is 1. The predicted molar refractivity (Wildman–Crippen MR) is 86.7 cm³/mol. The Bertz CT molecular complexity index is 1010. The predicted octanol–water partition coefficient (Wildman–Crippen LogP) is 0.904. The van der Waals surface area contributed by atoms with E-state index in [-0.39, 0.29) is 23.8 Å². The first-order chi connectivity index (χ1) is 12.1. The number of carboxylic acids is 1. The third kappa shape index (κ3) is 2.37. The third-order valence-electron chi connectivity index (χ3n) is 4.30. The summed E-state index contributed by atoms with van der Waals surface area (Å²) in [6.07, 6.45) is 1.59. The van der Waals surface area contributed by atoms with Crippen molar-refractivity contribution in [1.82, 2.24) is 9.55 Å². The highest BCUT2D eigenvalue weighted by Crippen LogP contribution is 2.31. The summed E-state index contributed by atoms with van der Waals surface area (Å²) < 4.78 is 1.70. The normalized spacial score (nSPS) is 17.4. The van der Waals surface area contributed by atoms with Gasteiger partial charge in [0.1, 0.15) is 6.04 Å². The molecule has 25 heavy (non-hydrogen) atoms. The van der Waals surface area contributed by atoms with Gasteiger partial charge in [-0.05, 0) is 29.8 Å². The molecule has 4 rings (SSSR count). The van der Waals surface area contributed by atoms with Crippen molar-refractivity contribution in [2.45, 2.75) is 12.5 Å². The van der Waals surface area contributed by atoms with Gasteiger partial charge in [-0.25, -0.2) is 9.88 Å². The number of hydrogen-bond donors (Lipinski definition) is 0. The van der Waals surface area contributed by atoms with Gasteiger partial charge in [-0.3, -0.25) is 9.59 Å². The van der Waals surface area contributed by atoms with Gasteiger partial charge in [-0.2, -0.15) is 0 Å². The summed E-state index contributed by atoms with van der Waals surface area (Å²) in [7, 11) is 0. The Kier molecular flexibility index (Phi) is 3.35. The summed E-state index contributed by atoms with van der Waals surface area (Å²) >= 11 is 0. The Morgan fingerprint density at radius 1 is 1.08 bits per heavy atom. The highest BCUT2D eigenvalue weighted by Gasteiger charge is 2.41. The Balaban J connectivity index is 1.69. The van der Waals surface area contributed by atoms with Crippen molar-refractivity contribution in [2.75, 3.05) is 4.90 Å². The first-order valence-corrected chi connectivity index (χ1v) is 7.66. The number of carboxylic acid groups (broad SMARTS) is 1. The van der Waals surface area contributed by atoms with Crippen molar-refractivity contribution in [2.24, 2.45) is 0 Å². The van der Waals surface area contributed by atoms with Crippen molar-refractivity contribution >= 4 is 34.5 Å². The average molecular weight is 334 g/mol. The Morgan fingerprint density at radius 2 is 1.80 bits per heavy atom. The van der Waals surface area contributed by atoms with Crippen LogP contribution in [0.25, 0.3) is 11.0 Å². The highest BCUT2D eigenvalue weighted by atomic mass is 16.4. The van der Waals surface area contributed by atoms with Crippen molar-refractivity contribution in [1.29, 1.82) is 0 Å². The second-order valence-electron chi connectivity index (χ2n) is 5.76. The van der Waals surface area contributed by atoms with Crippen molar-refractivity contribution in [3.05, 3.63) is 60.4 Å². The number of carbonyl (C=O) groups is 3. The van der Waals surface area contributed by atoms with Crippen LogP contribution in [0.2, 0.25) is 0 Å². The number of aromatic carboxylic acids is 1. The van der Waals surface area contributed by atoms with Gasteiger partial charge in [0.2, 0.25) is 5.91 Å². The van der Waals surface area contributed by atoms with Crippen LogP contribution in [0.4, 0.5) is 5.69 Å². The van der Waals surface area contributed by atoms with E-state index in [1.807, 2.05) is 24.3 Å². The van der Waals surface area contributed by atoms with Crippen molar-refractivity contribution in [3.63, 3.8) is 0 Å². The SMILES string of the molecule is O=C([O-])c1ccc(N2C(=O)C[C@@H](n3cnc4ccccc43)C2=O)cc1. The molecule has 0 saturated carbocycles. The molecule has 0 unspecified atom stereocenters. The maximum absolute atomic E-state index is 12.8. The molecule has 1 aliphatic rings. The number of imidazole rings is 1. The molecule has 7 nitrogen and oxygen atoms in total. The van der Waals surface area contributed by atoms with E-state index in [1.54, 1.807) is 10.9 Å². The zero-order chi connectivity index (χ0) is 17.6. The van der Waals surface area contributed by atoms with Gasteiger partial charge in [0.15, 0.2) is 0 Å². The molecule has 1 fully saturated rings. The van der Waals surface area contributed by atoms with Gasteiger partial charge in [-0.15, -0.1) is 0 Å². The minimum Gasteiger partial charge on any atom is -0.545 e. The monoisotopic (exact) mass is 334 g/mol. The summed E-state index contributed by atoms with van der Waals surface area (Å²) in [4.78, 5) is 41.4. The number of hydrogen-bond acceptors (Lipinski definition) is 5. The van der Waals surface area contributed by atoms with E-state index in [0.29, 0.717) is 5.69 Å². The molecular weight excluding hydrogens is 322 g/mol. The number of amides is 2. The fraction of sp³-hybridized carbons (Fsp3) is 0.111. The molecule has 7 heteroatoms. The maximum atomic E-state index is 12.8. The highest BCUT2D eigenvalue weighted by molar-refractivity contribution is 6.22. The minimum atomic E-state index is -1.31. The van der Waals surface area contributed by atoms with E-state index in [4.69, 9.17) is 0 Å². The van der Waals surface area contributed by atoms with Crippen LogP contribution in [0.1, 0.15) is 22.8 Å². The van der Waals surface area contributed by atoms with E-state index in [0.717, 1.165) is 15.9 Å². The number of imide groups is 1. The lowest BCUT2D eigenvalue weighted by Gasteiger charge is -2.16. The Morgan fingerprint density at radius 3 is 2.52 bits per heavy atom. The van der Waals surface area contributed by atoms with Crippen molar-refractivity contribution < 1.29 is 19.5 Å². The van der Waals surface area contributed by atoms with E-state index >= 15 is 0 Å². The van der Waals surface area contributed by atoms with Crippen LogP contribution < -0.4 is 10.0 Å². The molecular formula is C18H12N3O4-. The van der Waals surface area contributed by atoms with Crippen LogP contribution in [-0.4, -0.2) is 27.3 Å². The molecule has 1 saturated heterocycles. The quantitative estimate of drug-likeness (QED) is 0.663. The van der Waals surface area contributed by atoms with Gasteiger partial charge >= 0.3 is 0 Å². The van der Waals surface area contributed by atoms with E-state index < -0.39 is 12.0 Å². The smallest absolute Gasteiger partial charge is 0.257 e. The maximum Gasteiger partial charge on any atom is 0.257 e. The second-order valence-corrected chi connectivity index (χ2v) is 5.76. The summed E-state index contributed by atoms with van der Waals surface area (Å²) in [6, 6.07) is 12.2. The second kappa shape index (κ2) is 5.55. The summed E-state index contributed by atoms with van der Waals surface area (Å²) in [5.74, 6) is -2.02. The number of nitrogens with zero attached hydrogens (tertiary/aromatic N) is 3. The summed E-state index contributed by atoms with van der Waals surface area (Å²) in [5.41, 5.74) is 1.86. The molecule has 2 amide bonds. The standard InChI is InChI=1S/C18H13N3O4/c22-16-9-15(20-10-19-13-3-1-2-4-14(13)20)17(23)21(16)12-7-5-11(6-8-12)18(24)25/h1-8,10,15H,9H2,(H,24,25)/p-1/t15-/m1/s1. The fourth-order valence-corrected chi connectivity index (χ4v) is 3.08. The van der Waals surface area contributed by atoms with E-state index in [2.05, 4.69) is 4.98 Å². The first kappa shape index (κ1) is 15.1. The van der Waals surface area contributed by atoms with Gasteiger partial charge < -0.3 is 14.5 Å². The lowest BCUT2D eigenvalue weighted by molar-refractivity contribution is -0.255. The molecule has 1 atom stereocenters. The topological polar surface area (TPSA) is 95.3 Å². The Hall–Kier alpha value is -3.48. The molecule has 0 spiro atoms. The number of aromatic nitrogens is 2. The van der Waals surface area contributed by atoms with Crippen LogP contribution in [0.5, 0.6) is 0 Å². The largest absolute Gasteiger partial charge is 0.545 e. The van der Waals surface area contributed by atoms with Gasteiger partial charge in [0.05, 0.1) is 35.4 Å². The molecule has 0 bridgehead atoms. The molecule has 0 aliphatic carbocycles. The molecule has 3 aromatic rings. The van der Waals surface area contributed by atoms with E-state index in [9.17, 15) is 19.5 Å². The lowest BCUT2D eigenvalue weighted by Crippen LogP contribution is -2.31. The van der Waals surface area contributed by atoms with Crippen LogP contribution in [0.15, 0.2) is 54.9 Å². The van der Waals surface area contributed by atoms with Gasteiger partial charge in [-0.1, -0.05) is 24.3 Å². The molecule has 2 heterocycles. The molecule has 2 aromatic carbocycles. The molecule has 1 aromatic heterocycles. The van der Waals surface area contributed by atoms with E-state index in [1.165, 1.54) is 24.3 Å². The molecule has 0 N–H and O–H groups in total. The van der Waals surface area contributed by atoms with Crippen molar-refractivity contribution in [3.8, 4) is 0 Å². The number of benzene rings is 2. The Labute approximate surface area is 142 Å². The lowest BCUT2D eigenvalue weighted by atomic mass is 10.2. The van der Waals surface area contributed by atoms with Crippen LogP contribution in [0, 0.1) is 0 Å². The first-order valence-electron chi connectivity index (χ1n) is 7.66. The van der Waals surface area contributed by atoms with Crippen LogP contribution in [-0.2, 0) is 9.59 Å². The number of para-hydroxylation sites is 2. The average Bonchev–Trinajstić information content (AvgIpc) is 3.16. The van der Waals surface area contributed by atoms with Crippen LogP contribution >= 0.6 is 0 Å².